The molecule has 0 bridgehead atoms. The summed E-state index contributed by atoms with van der Waals surface area (Å²) in [5.74, 6) is 2.77. The molecule has 0 aliphatic carbocycles. The summed E-state index contributed by atoms with van der Waals surface area (Å²) in [6.07, 6.45) is 0. The summed E-state index contributed by atoms with van der Waals surface area (Å²) in [6, 6.07) is 1.94. The van der Waals surface area contributed by atoms with Crippen LogP contribution in [-0.4, -0.2) is 37.1 Å². The maximum absolute atomic E-state index is 13.5. The molecule has 1 amide bonds. The maximum atomic E-state index is 13.5. The van der Waals surface area contributed by atoms with Gasteiger partial charge in [0.15, 0.2) is 11.6 Å². The Balaban J connectivity index is 2.25. The highest BCUT2D eigenvalue weighted by Gasteiger charge is 2.21. The molecule has 0 radical (unpaired) electrons. The molecule has 1 aromatic carbocycles. The van der Waals surface area contributed by atoms with E-state index in [-0.39, 0.29) is 5.56 Å². The minimum absolute atomic E-state index is 0.0362. The Hall–Kier alpha value is -1.73. The van der Waals surface area contributed by atoms with Crippen molar-refractivity contribution in [1.29, 1.82) is 0 Å². The van der Waals surface area contributed by atoms with Crippen LogP contribution in [0.3, 0.4) is 0 Å². The second-order valence-corrected chi connectivity index (χ2v) is 3.86. The summed E-state index contributed by atoms with van der Waals surface area (Å²) in [4.78, 5) is 13.5. The summed E-state index contributed by atoms with van der Waals surface area (Å²) in [6.45, 7) is 1.69. The maximum Gasteiger partial charge on any atom is 0.254 e. The summed E-state index contributed by atoms with van der Waals surface area (Å²) in [5, 5.41) is 0. The molecule has 0 unspecified atom stereocenters. The fraction of sp³-hybridized carbons (Fsp3) is 0.364. The number of ether oxygens (including phenoxy) is 1. The van der Waals surface area contributed by atoms with E-state index >= 15 is 0 Å². The molecule has 1 aliphatic rings. The first kappa shape index (κ1) is 12.7. The molecule has 0 aromatic heterocycles. The molecule has 1 saturated heterocycles. The van der Waals surface area contributed by atoms with Crippen LogP contribution in [-0.2, 0) is 4.74 Å². The number of anilines is 1. The molecule has 2 rings (SSSR count). The lowest BCUT2D eigenvalue weighted by Gasteiger charge is -2.27. The van der Waals surface area contributed by atoms with Gasteiger partial charge < -0.3 is 15.1 Å². The first-order chi connectivity index (χ1) is 8.63. The number of hydrogen-bond donors (Lipinski definition) is 2. The van der Waals surface area contributed by atoms with Crippen molar-refractivity contribution in [1.82, 2.24) is 4.90 Å². The molecular formula is C11H13F2N3O2. The van der Waals surface area contributed by atoms with Crippen molar-refractivity contribution in [3.05, 3.63) is 29.3 Å². The van der Waals surface area contributed by atoms with Crippen molar-refractivity contribution in [2.45, 2.75) is 0 Å². The zero-order chi connectivity index (χ0) is 13.1. The van der Waals surface area contributed by atoms with Gasteiger partial charge in [0, 0.05) is 18.7 Å². The van der Waals surface area contributed by atoms with Crippen LogP contribution in [0.15, 0.2) is 12.1 Å². The largest absolute Gasteiger partial charge is 0.378 e. The van der Waals surface area contributed by atoms with Crippen LogP contribution < -0.4 is 11.3 Å². The van der Waals surface area contributed by atoms with Crippen molar-refractivity contribution in [3.8, 4) is 0 Å². The molecule has 1 fully saturated rings. The van der Waals surface area contributed by atoms with Gasteiger partial charge in [0.1, 0.15) is 5.69 Å². The molecule has 5 nitrogen and oxygen atoms in total. The standard InChI is InChI=1S/C11H13F2N3O2/c12-8-5-7(6-9(13)10(8)15-14)11(17)16-1-3-18-4-2-16/h5-6,15H,1-4,14H2. The van der Waals surface area contributed by atoms with Gasteiger partial charge in [-0.3, -0.25) is 10.6 Å². The van der Waals surface area contributed by atoms with Gasteiger partial charge in [-0.05, 0) is 12.1 Å². The van der Waals surface area contributed by atoms with E-state index in [0.717, 1.165) is 12.1 Å². The van der Waals surface area contributed by atoms with Gasteiger partial charge in [-0.2, -0.15) is 0 Å². The Bertz CT molecular complexity index is 439. The zero-order valence-electron chi connectivity index (χ0n) is 9.58. The Kier molecular flexibility index (Phi) is 3.73. The second-order valence-electron chi connectivity index (χ2n) is 3.86. The highest BCUT2D eigenvalue weighted by molar-refractivity contribution is 5.94. The van der Waals surface area contributed by atoms with Crippen LogP contribution in [0.25, 0.3) is 0 Å². The molecule has 3 N–H and O–H groups in total. The number of nitrogens with one attached hydrogen (secondary N) is 1. The van der Waals surface area contributed by atoms with E-state index in [9.17, 15) is 13.6 Å². The van der Waals surface area contributed by atoms with E-state index in [4.69, 9.17) is 10.6 Å². The van der Waals surface area contributed by atoms with Crippen molar-refractivity contribution in [2.75, 3.05) is 31.7 Å². The molecular weight excluding hydrogens is 244 g/mol. The molecule has 18 heavy (non-hydrogen) atoms. The quantitative estimate of drug-likeness (QED) is 0.605. The Morgan fingerprint density at radius 1 is 1.28 bits per heavy atom. The van der Waals surface area contributed by atoms with Crippen LogP contribution in [0.5, 0.6) is 0 Å². The van der Waals surface area contributed by atoms with Crippen LogP contribution in [0.2, 0.25) is 0 Å². The fourth-order valence-corrected chi connectivity index (χ4v) is 1.78. The molecule has 7 heteroatoms. The number of morpholine rings is 1. The lowest BCUT2D eigenvalue weighted by atomic mass is 10.1. The number of benzene rings is 1. The first-order valence-corrected chi connectivity index (χ1v) is 5.46. The number of hydrogen-bond acceptors (Lipinski definition) is 4. The average Bonchev–Trinajstić information content (AvgIpc) is 2.38. The van der Waals surface area contributed by atoms with E-state index in [1.807, 2.05) is 5.43 Å². The van der Waals surface area contributed by atoms with Crippen molar-refractivity contribution < 1.29 is 18.3 Å². The summed E-state index contributed by atoms with van der Waals surface area (Å²) in [7, 11) is 0. The predicted octanol–water partition coefficient (Wildman–Crippen LogP) is 0.723. The van der Waals surface area contributed by atoms with Crippen molar-refractivity contribution in [3.63, 3.8) is 0 Å². The number of halogens is 2. The molecule has 1 aromatic rings. The van der Waals surface area contributed by atoms with Crippen LogP contribution >= 0.6 is 0 Å². The fourth-order valence-electron chi connectivity index (χ4n) is 1.78. The third-order valence-electron chi connectivity index (χ3n) is 2.73. The highest BCUT2D eigenvalue weighted by Crippen LogP contribution is 2.20. The number of nitrogens with two attached hydrogens (primary N) is 1. The molecule has 98 valence electrons. The number of hydrazine groups is 1. The van der Waals surface area contributed by atoms with Crippen molar-refractivity contribution in [2.24, 2.45) is 5.84 Å². The van der Waals surface area contributed by atoms with Gasteiger partial charge in [-0.25, -0.2) is 8.78 Å². The Morgan fingerprint density at radius 2 is 1.83 bits per heavy atom. The van der Waals surface area contributed by atoms with Gasteiger partial charge in [0.05, 0.1) is 13.2 Å². The molecule has 1 heterocycles. The lowest BCUT2D eigenvalue weighted by molar-refractivity contribution is 0.0302. The van der Waals surface area contributed by atoms with E-state index < -0.39 is 23.2 Å². The summed E-state index contributed by atoms with van der Waals surface area (Å²) < 4.78 is 32.0. The van der Waals surface area contributed by atoms with Crippen molar-refractivity contribution >= 4 is 11.6 Å². The minimum Gasteiger partial charge on any atom is -0.378 e. The highest BCUT2D eigenvalue weighted by atomic mass is 19.1. The topological polar surface area (TPSA) is 67.6 Å². The number of rotatable bonds is 2. The SMILES string of the molecule is NNc1c(F)cc(C(=O)N2CCOCC2)cc1F. The molecule has 0 saturated carbocycles. The minimum atomic E-state index is -0.894. The van der Waals surface area contributed by atoms with Crippen LogP contribution in [0.4, 0.5) is 14.5 Å². The number of nitrogens with zero attached hydrogens (tertiary/aromatic N) is 1. The summed E-state index contributed by atoms with van der Waals surface area (Å²) >= 11 is 0. The summed E-state index contributed by atoms with van der Waals surface area (Å²) in [5.41, 5.74) is 1.43. The average molecular weight is 257 g/mol. The predicted molar refractivity (Wildman–Crippen MR) is 60.9 cm³/mol. The number of amides is 1. The van der Waals surface area contributed by atoms with E-state index in [1.165, 1.54) is 4.90 Å². The number of nitrogen functional groups attached to an aromatic ring is 1. The van der Waals surface area contributed by atoms with Gasteiger partial charge in [-0.15, -0.1) is 0 Å². The Morgan fingerprint density at radius 3 is 2.33 bits per heavy atom. The second kappa shape index (κ2) is 5.28. The Labute approximate surface area is 102 Å². The van der Waals surface area contributed by atoms with Gasteiger partial charge in [-0.1, -0.05) is 0 Å². The van der Waals surface area contributed by atoms with Gasteiger partial charge in [0.25, 0.3) is 5.91 Å². The molecule has 1 aliphatic heterocycles. The van der Waals surface area contributed by atoms with Gasteiger partial charge in [0.2, 0.25) is 0 Å². The van der Waals surface area contributed by atoms with E-state index in [1.54, 1.807) is 0 Å². The molecule has 0 atom stereocenters. The molecule has 0 spiro atoms. The third kappa shape index (κ3) is 2.41. The number of carbonyl (C=O) groups is 1. The van der Waals surface area contributed by atoms with Gasteiger partial charge >= 0.3 is 0 Å². The van der Waals surface area contributed by atoms with Crippen LogP contribution in [0, 0.1) is 11.6 Å². The monoisotopic (exact) mass is 257 g/mol. The smallest absolute Gasteiger partial charge is 0.254 e. The third-order valence-corrected chi connectivity index (χ3v) is 2.73. The number of carbonyl (C=O) groups excluding carboxylic acids is 1. The zero-order valence-corrected chi connectivity index (χ0v) is 9.58. The van der Waals surface area contributed by atoms with Crippen LogP contribution in [0.1, 0.15) is 10.4 Å². The lowest BCUT2D eigenvalue weighted by Crippen LogP contribution is -2.40. The normalized spacial score (nSPS) is 15.6. The van der Waals surface area contributed by atoms with E-state index in [2.05, 4.69) is 0 Å². The van der Waals surface area contributed by atoms with E-state index in [0.29, 0.717) is 26.3 Å². The first-order valence-electron chi connectivity index (χ1n) is 5.46.